The van der Waals surface area contributed by atoms with Gasteiger partial charge in [-0.2, -0.15) is 0 Å². The van der Waals surface area contributed by atoms with Gasteiger partial charge < -0.3 is 5.11 Å². The second kappa shape index (κ2) is 7.14. The van der Waals surface area contributed by atoms with Gasteiger partial charge in [0.15, 0.2) is 0 Å². The molecule has 1 aromatic carbocycles. The summed E-state index contributed by atoms with van der Waals surface area (Å²) in [5.41, 5.74) is 2.67. The molecule has 0 unspecified atom stereocenters. The van der Waals surface area contributed by atoms with Crippen LogP contribution >= 0.6 is 0 Å². The molecule has 0 aliphatic heterocycles. The highest BCUT2D eigenvalue weighted by atomic mass is 16.3. The molecule has 0 aromatic heterocycles. The van der Waals surface area contributed by atoms with Gasteiger partial charge in [0, 0.05) is 5.56 Å². The van der Waals surface area contributed by atoms with E-state index >= 15 is 0 Å². The van der Waals surface area contributed by atoms with Crippen LogP contribution in [0.3, 0.4) is 0 Å². The first-order valence-corrected chi connectivity index (χ1v) is 6.27. The first-order valence-electron chi connectivity index (χ1n) is 6.27. The number of aliphatic hydroxyl groups is 1. The lowest BCUT2D eigenvalue weighted by Gasteiger charge is -2.06. The van der Waals surface area contributed by atoms with Crippen molar-refractivity contribution in [2.75, 3.05) is 0 Å². The molecular weight excluding hydrogens is 208 g/mol. The van der Waals surface area contributed by atoms with Crippen molar-refractivity contribution in [3.63, 3.8) is 0 Å². The van der Waals surface area contributed by atoms with E-state index in [1.807, 2.05) is 19.9 Å². The topological polar surface area (TPSA) is 20.2 Å². The van der Waals surface area contributed by atoms with Crippen LogP contribution < -0.4 is 0 Å². The van der Waals surface area contributed by atoms with E-state index in [4.69, 9.17) is 0 Å². The van der Waals surface area contributed by atoms with Crippen molar-refractivity contribution in [3.05, 3.63) is 34.9 Å². The van der Waals surface area contributed by atoms with Crippen LogP contribution in [-0.4, -0.2) is 10.7 Å². The molecule has 94 valence electrons. The molecule has 0 bridgehead atoms. The Balaban J connectivity index is 0.00000121. The molecule has 17 heavy (non-hydrogen) atoms. The second-order valence-corrected chi connectivity index (χ2v) is 4.30. The van der Waals surface area contributed by atoms with Crippen molar-refractivity contribution in [1.82, 2.24) is 0 Å². The lowest BCUT2D eigenvalue weighted by atomic mass is 10.0. The molecule has 1 nitrogen and oxygen atoms in total. The van der Waals surface area contributed by atoms with Crippen LogP contribution in [-0.2, 0) is 6.42 Å². The molecule has 1 N–H and O–H groups in total. The summed E-state index contributed by atoms with van der Waals surface area (Å²) in [6, 6.07) is 6.16. The summed E-state index contributed by atoms with van der Waals surface area (Å²) in [5, 5.41) is 9.49. The zero-order valence-electron chi connectivity index (χ0n) is 11.9. The molecule has 0 radical (unpaired) electrons. The Hall–Kier alpha value is -1.26. The molecule has 0 saturated heterocycles. The zero-order valence-corrected chi connectivity index (χ0v) is 11.9. The normalized spacial score (nSPS) is 9.82. The fourth-order valence-corrected chi connectivity index (χ4v) is 1.36. The quantitative estimate of drug-likeness (QED) is 0.732. The van der Waals surface area contributed by atoms with Gasteiger partial charge in [-0.25, -0.2) is 0 Å². The van der Waals surface area contributed by atoms with Crippen molar-refractivity contribution >= 4 is 0 Å². The van der Waals surface area contributed by atoms with Crippen LogP contribution in [0.25, 0.3) is 0 Å². The van der Waals surface area contributed by atoms with Crippen molar-refractivity contribution in [2.24, 2.45) is 0 Å². The van der Waals surface area contributed by atoms with Gasteiger partial charge >= 0.3 is 0 Å². The van der Waals surface area contributed by atoms with Crippen LogP contribution in [0.2, 0.25) is 0 Å². The Bertz CT molecular complexity index is 400. The fourth-order valence-electron chi connectivity index (χ4n) is 1.36. The first kappa shape index (κ1) is 15.7. The highest BCUT2D eigenvalue weighted by Gasteiger charge is 2.05. The van der Waals surface area contributed by atoms with E-state index in [0.717, 1.165) is 12.0 Å². The molecule has 0 atom stereocenters. The van der Waals surface area contributed by atoms with E-state index in [1.165, 1.54) is 11.1 Å². The van der Waals surface area contributed by atoms with Gasteiger partial charge in [-0.1, -0.05) is 38.7 Å². The molecule has 0 amide bonds. The SMILES string of the molecule is CC.CCc1cc(C#CC(C)(C)O)ccc1C. The second-order valence-electron chi connectivity index (χ2n) is 4.30. The Morgan fingerprint density at radius 2 is 1.82 bits per heavy atom. The Morgan fingerprint density at radius 3 is 2.29 bits per heavy atom. The van der Waals surface area contributed by atoms with Gasteiger partial charge in [-0.15, -0.1) is 0 Å². The number of hydrogen-bond donors (Lipinski definition) is 1. The largest absolute Gasteiger partial charge is 0.378 e. The number of aryl methyl sites for hydroxylation is 2. The number of rotatable bonds is 1. The lowest BCUT2D eigenvalue weighted by molar-refractivity contribution is 0.143. The smallest absolute Gasteiger partial charge is 0.120 e. The molecule has 0 aliphatic carbocycles. The molecule has 0 fully saturated rings. The standard InChI is InChI=1S/C14H18O.C2H6/c1-5-13-10-12(7-6-11(13)2)8-9-14(3,4)15;1-2/h6-7,10,15H,5H2,1-4H3;1-2H3. The molecule has 1 rings (SSSR count). The third kappa shape index (κ3) is 6.14. The monoisotopic (exact) mass is 232 g/mol. The van der Waals surface area contributed by atoms with Crippen molar-refractivity contribution in [1.29, 1.82) is 0 Å². The predicted molar refractivity (Wildman–Crippen MR) is 75.1 cm³/mol. The third-order valence-corrected chi connectivity index (χ3v) is 2.24. The molecule has 0 aliphatic rings. The maximum atomic E-state index is 9.49. The molecule has 0 saturated carbocycles. The Kier molecular flexibility index (Phi) is 6.61. The average molecular weight is 232 g/mol. The summed E-state index contributed by atoms with van der Waals surface area (Å²) < 4.78 is 0. The van der Waals surface area contributed by atoms with Gasteiger partial charge in [-0.05, 0) is 50.5 Å². The zero-order chi connectivity index (χ0) is 13.5. The van der Waals surface area contributed by atoms with Crippen LogP contribution in [0.5, 0.6) is 0 Å². The third-order valence-electron chi connectivity index (χ3n) is 2.24. The fraction of sp³-hybridized carbons (Fsp3) is 0.500. The molecule has 0 heterocycles. The van der Waals surface area contributed by atoms with E-state index < -0.39 is 5.60 Å². The maximum absolute atomic E-state index is 9.49. The average Bonchev–Trinajstić information content (AvgIpc) is 2.29. The minimum Gasteiger partial charge on any atom is -0.378 e. The van der Waals surface area contributed by atoms with Crippen LogP contribution in [0.1, 0.15) is 51.3 Å². The van der Waals surface area contributed by atoms with Gasteiger partial charge in [-0.3, -0.25) is 0 Å². The van der Waals surface area contributed by atoms with Gasteiger partial charge in [0.25, 0.3) is 0 Å². The van der Waals surface area contributed by atoms with Crippen molar-refractivity contribution in [3.8, 4) is 11.8 Å². The predicted octanol–water partition coefficient (Wildman–Crippen LogP) is 3.71. The minimum absolute atomic E-state index is 0.919. The van der Waals surface area contributed by atoms with Crippen molar-refractivity contribution in [2.45, 2.75) is 53.6 Å². The maximum Gasteiger partial charge on any atom is 0.120 e. The van der Waals surface area contributed by atoms with Crippen LogP contribution in [0.4, 0.5) is 0 Å². The van der Waals surface area contributed by atoms with Crippen LogP contribution in [0.15, 0.2) is 18.2 Å². The van der Waals surface area contributed by atoms with Gasteiger partial charge in [0.1, 0.15) is 5.60 Å². The number of hydrogen-bond acceptors (Lipinski definition) is 1. The Morgan fingerprint density at radius 1 is 1.24 bits per heavy atom. The van der Waals surface area contributed by atoms with E-state index in [2.05, 4.69) is 37.8 Å². The molecular formula is C16H24O. The van der Waals surface area contributed by atoms with Gasteiger partial charge in [0.2, 0.25) is 0 Å². The van der Waals surface area contributed by atoms with Crippen molar-refractivity contribution < 1.29 is 5.11 Å². The summed E-state index contributed by atoms with van der Waals surface area (Å²) in [4.78, 5) is 0. The van der Waals surface area contributed by atoms with Crippen LogP contribution in [0, 0.1) is 18.8 Å². The van der Waals surface area contributed by atoms with E-state index in [0.29, 0.717) is 0 Å². The summed E-state index contributed by atoms with van der Waals surface area (Å²) in [7, 11) is 0. The summed E-state index contributed by atoms with van der Waals surface area (Å²) in [6.07, 6.45) is 1.02. The lowest BCUT2D eigenvalue weighted by Crippen LogP contribution is -2.14. The summed E-state index contributed by atoms with van der Waals surface area (Å²) in [5.74, 6) is 5.80. The molecule has 0 spiro atoms. The minimum atomic E-state index is -0.919. The summed E-state index contributed by atoms with van der Waals surface area (Å²) >= 11 is 0. The van der Waals surface area contributed by atoms with E-state index in [1.54, 1.807) is 13.8 Å². The van der Waals surface area contributed by atoms with E-state index in [9.17, 15) is 5.11 Å². The Labute approximate surface area is 106 Å². The molecule has 1 heteroatoms. The summed E-state index contributed by atoms with van der Waals surface area (Å²) in [6.45, 7) is 11.6. The molecule has 1 aromatic rings. The van der Waals surface area contributed by atoms with Gasteiger partial charge in [0.05, 0.1) is 0 Å². The first-order chi connectivity index (χ1) is 7.92. The number of benzene rings is 1. The highest BCUT2D eigenvalue weighted by molar-refractivity contribution is 5.41. The van der Waals surface area contributed by atoms with E-state index in [-0.39, 0.29) is 0 Å². The highest BCUT2D eigenvalue weighted by Crippen LogP contribution is 2.11.